The Morgan fingerprint density at radius 1 is 0.791 bits per heavy atom. The quantitative estimate of drug-likeness (QED) is 0.212. The highest BCUT2D eigenvalue weighted by atomic mass is 35.5. The Kier molecular flexibility index (Phi) is 10.5. The number of rotatable bonds is 11. The third kappa shape index (κ3) is 7.96. The van der Waals surface area contributed by atoms with Crippen LogP contribution in [0.2, 0.25) is 10.0 Å². The predicted molar refractivity (Wildman–Crippen MR) is 172 cm³/mol. The lowest BCUT2D eigenvalue weighted by molar-refractivity contribution is -0.139. The van der Waals surface area contributed by atoms with Crippen LogP contribution in [0.25, 0.3) is 0 Å². The Labute approximate surface area is 263 Å². The summed E-state index contributed by atoms with van der Waals surface area (Å²) in [5.74, 6) is -0.949. The number of carbonyl (C=O) groups excluding carboxylic acids is 2. The van der Waals surface area contributed by atoms with Crippen molar-refractivity contribution in [3.63, 3.8) is 0 Å². The molecule has 7 nitrogen and oxygen atoms in total. The van der Waals surface area contributed by atoms with Gasteiger partial charge in [-0.05, 0) is 72.5 Å². The summed E-state index contributed by atoms with van der Waals surface area (Å²) in [7, 11) is -2.66. The van der Waals surface area contributed by atoms with Crippen LogP contribution >= 0.6 is 23.2 Å². The SMILES string of the molecule is CNC(=O)[C@@H](Cc1ccccc1)N(Cc1ccc(Cl)c(Cl)c1)C(=O)CN(c1cc(C)cc(C)c1)S(=O)(=O)c1ccccc1. The lowest BCUT2D eigenvalue weighted by Crippen LogP contribution is -2.53. The fourth-order valence-corrected chi connectivity index (χ4v) is 6.64. The van der Waals surface area contributed by atoms with Gasteiger partial charge in [0.2, 0.25) is 11.8 Å². The van der Waals surface area contributed by atoms with Gasteiger partial charge in [0.25, 0.3) is 10.0 Å². The van der Waals surface area contributed by atoms with Crippen LogP contribution in [0.4, 0.5) is 5.69 Å². The van der Waals surface area contributed by atoms with Gasteiger partial charge in [0.05, 0.1) is 20.6 Å². The van der Waals surface area contributed by atoms with E-state index in [1.165, 1.54) is 24.1 Å². The van der Waals surface area contributed by atoms with Gasteiger partial charge >= 0.3 is 0 Å². The van der Waals surface area contributed by atoms with Crippen molar-refractivity contribution in [1.29, 1.82) is 0 Å². The highest BCUT2D eigenvalue weighted by molar-refractivity contribution is 7.92. The maximum Gasteiger partial charge on any atom is 0.264 e. The van der Waals surface area contributed by atoms with Gasteiger partial charge in [-0.25, -0.2) is 8.42 Å². The molecular weight excluding hydrogens is 605 g/mol. The number of benzene rings is 4. The van der Waals surface area contributed by atoms with Crippen molar-refractivity contribution in [2.45, 2.75) is 37.8 Å². The molecule has 0 heterocycles. The van der Waals surface area contributed by atoms with E-state index in [4.69, 9.17) is 23.2 Å². The average molecular weight is 639 g/mol. The van der Waals surface area contributed by atoms with Crippen LogP contribution in [0.15, 0.2) is 102 Å². The summed E-state index contributed by atoms with van der Waals surface area (Å²) >= 11 is 12.4. The van der Waals surface area contributed by atoms with Gasteiger partial charge in [-0.1, -0.05) is 83.9 Å². The number of carbonyl (C=O) groups is 2. The molecule has 0 aliphatic carbocycles. The number of anilines is 1. The maximum atomic E-state index is 14.4. The van der Waals surface area contributed by atoms with Gasteiger partial charge in [-0.2, -0.15) is 0 Å². The molecule has 0 saturated heterocycles. The number of amides is 2. The summed E-state index contributed by atoms with van der Waals surface area (Å²) in [5.41, 5.74) is 3.51. The molecule has 4 aromatic carbocycles. The molecule has 0 spiro atoms. The number of nitrogens with zero attached hydrogens (tertiary/aromatic N) is 2. The molecule has 43 heavy (non-hydrogen) atoms. The number of hydrogen-bond donors (Lipinski definition) is 1. The zero-order chi connectivity index (χ0) is 31.1. The zero-order valence-electron chi connectivity index (χ0n) is 24.1. The van der Waals surface area contributed by atoms with Crippen LogP contribution in [0.3, 0.4) is 0 Å². The molecule has 224 valence electrons. The summed E-state index contributed by atoms with van der Waals surface area (Å²) in [5, 5.41) is 3.32. The van der Waals surface area contributed by atoms with Gasteiger partial charge in [-0.15, -0.1) is 0 Å². The average Bonchev–Trinajstić information content (AvgIpc) is 2.99. The number of nitrogens with one attached hydrogen (secondary N) is 1. The summed E-state index contributed by atoms with van der Waals surface area (Å²) in [4.78, 5) is 29.2. The molecule has 0 bridgehead atoms. The van der Waals surface area contributed by atoms with E-state index in [2.05, 4.69) is 5.32 Å². The van der Waals surface area contributed by atoms with Crippen molar-refractivity contribution in [3.8, 4) is 0 Å². The third-order valence-corrected chi connectivity index (χ3v) is 9.49. The van der Waals surface area contributed by atoms with Gasteiger partial charge < -0.3 is 10.2 Å². The first kappa shape index (κ1) is 32.1. The highest BCUT2D eigenvalue weighted by Crippen LogP contribution is 2.28. The smallest absolute Gasteiger partial charge is 0.264 e. The topological polar surface area (TPSA) is 86.8 Å². The Bertz CT molecular complexity index is 1680. The summed E-state index contributed by atoms with van der Waals surface area (Å²) in [6, 6.07) is 26.7. The van der Waals surface area contributed by atoms with Crippen LogP contribution in [0, 0.1) is 13.8 Å². The van der Waals surface area contributed by atoms with E-state index in [9.17, 15) is 18.0 Å². The molecule has 0 aliphatic rings. The fourth-order valence-electron chi connectivity index (χ4n) is 4.90. The predicted octanol–water partition coefficient (Wildman–Crippen LogP) is 6.19. The van der Waals surface area contributed by atoms with E-state index in [1.807, 2.05) is 50.2 Å². The van der Waals surface area contributed by atoms with Crippen LogP contribution in [0.1, 0.15) is 22.3 Å². The van der Waals surface area contributed by atoms with E-state index in [0.29, 0.717) is 21.3 Å². The molecule has 2 amide bonds. The second-order valence-corrected chi connectivity index (χ2v) is 12.9. The lowest BCUT2D eigenvalue weighted by atomic mass is 10.0. The second kappa shape index (κ2) is 14.1. The first-order valence-corrected chi connectivity index (χ1v) is 15.8. The second-order valence-electron chi connectivity index (χ2n) is 10.3. The van der Waals surface area contributed by atoms with Crippen molar-refractivity contribution < 1.29 is 18.0 Å². The Hall–Kier alpha value is -3.85. The number of aryl methyl sites for hydroxylation is 2. The molecule has 0 aliphatic heterocycles. The molecule has 1 atom stereocenters. The molecule has 1 N–H and O–H groups in total. The summed E-state index contributed by atoms with van der Waals surface area (Å²) < 4.78 is 29.2. The van der Waals surface area contributed by atoms with E-state index in [-0.39, 0.29) is 23.8 Å². The largest absolute Gasteiger partial charge is 0.357 e. The van der Waals surface area contributed by atoms with Gasteiger partial charge in [-0.3, -0.25) is 13.9 Å². The van der Waals surface area contributed by atoms with Crippen molar-refractivity contribution in [2.24, 2.45) is 0 Å². The minimum absolute atomic E-state index is 0.00723. The van der Waals surface area contributed by atoms with Crippen molar-refractivity contribution >= 4 is 50.7 Å². The van der Waals surface area contributed by atoms with E-state index in [1.54, 1.807) is 48.5 Å². The first-order chi connectivity index (χ1) is 20.5. The maximum absolute atomic E-state index is 14.4. The van der Waals surface area contributed by atoms with Crippen LogP contribution in [0.5, 0.6) is 0 Å². The van der Waals surface area contributed by atoms with Gasteiger partial charge in [0, 0.05) is 20.0 Å². The fraction of sp³-hybridized carbons (Fsp3) is 0.212. The molecule has 0 unspecified atom stereocenters. The number of likely N-dealkylation sites (N-methyl/N-ethyl adjacent to an activating group) is 1. The summed E-state index contributed by atoms with van der Waals surface area (Å²) in [6.45, 7) is 3.18. The summed E-state index contributed by atoms with van der Waals surface area (Å²) in [6.07, 6.45) is 0.211. The Morgan fingerprint density at radius 3 is 1.98 bits per heavy atom. The molecule has 0 fully saturated rings. The monoisotopic (exact) mass is 637 g/mol. The van der Waals surface area contributed by atoms with Crippen molar-refractivity contribution in [2.75, 3.05) is 17.9 Å². The molecular formula is C33H33Cl2N3O4S. The van der Waals surface area contributed by atoms with Gasteiger partial charge in [0.1, 0.15) is 12.6 Å². The number of sulfonamides is 1. The number of hydrogen-bond acceptors (Lipinski definition) is 4. The normalized spacial score (nSPS) is 11.9. The minimum Gasteiger partial charge on any atom is -0.357 e. The van der Waals surface area contributed by atoms with Crippen LogP contribution in [-0.4, -0.2) is 44.8 Å². The lowest BCUT2D eigenvalue weighted by Gasteiger charge is -2.33. The minimum atomic E-state index is -4.17. The van der Waals surface area contributed by atoms with E-state index in [0.717, 1.165) is 21.0 Å². The van der Waals surface area contributed by atoms with Crippen molar-refractivity contribution in [3.05, 3.63) is 129 Å². The first-order valence-electron chi connectivity index (χ1n) is 13.6. The zero-order valence-corrected chi connectivity index (χ0v) is 26.5. The molecule has 0 saturated carbocycles. The van der Waals surface area contributed by atoms with Gasteiger partial charge in [0.15, 0.2) is 0 Å². The molecule has 4 aromatic rings. The van der Waals surface area contributed by atoms with Crippen molar-refractivity contribution in [1.82, 2.24) is 10.2 Å². The molecule has 0 aromatic heterocycles. The Balaban J connectivity index is 1.81. The molecule has 10 heteroatoms. The van der Waals surface area contributed by atoms with E-state index < -0.39 is 28.5 Å². The molecule has 4 rings (SSSR count). The standard InChI is InChI=1S/C33H33Cl2N3O4S/c1-23-16-24(2)18-27(17-23)38(43(41,42)28-12-8-5-9-13-28)22-32(39)37(21-26-14-15-29(34)30(35)19-26)31(33(40)36-3)20-25-10-6-4-7-11-25/h4-19,31H,20-22H2,1-3H3,(H,36,40)/t31-/m1/s1. The molecule has 0 radical (unpaired) electrons. The number of halogens is 2. The van der Waals surface area contributed by atoms with Crippen LogP contribution < -0.4 is 9.62 Å². The third-order valence-electron chi connectivity index (χ3n) is 6.96. The highest BCUT2D eigenvalue weighted by Gasteiger charge is 2.34. The van der Waals surface area contributed by atoms with E-state index >= 15 is 0 Å². The Morgan fingerprint density at radius 2 is 1.40 bits per heavy atom. The van der Waals surface area contributed by atoms with Crippen LogP contribution in [-0.2, 0) is 32.6 Å².